The molecule has 0 fully saturated rings. The molecule has 0 unspecified atom stereocenters. The van der Waals surface area contributed by atoms with Crippen LogP contribution in [-0.4, -0.2) is 14.1 Å². The van der Waals surface area contributed by atoms with Crippen molar-refractivity contribution in [2.45, 2.75) is 6.92 Å². The van der Waals surface area contributed by atoms with Crippen LogP contribution >= 0.6 is 15.9 Å². The van der Waals surface area contributed by atoms with E-state index in [9.17, 15) is 4.79 Å². The Labute approximate surface area is 117 Å². The summed E-state index contributed by atoms with van der Waals surface area (Å²) in [4.78, 5) is 15.9. The van der Waals surface area contributed by atoms with Crippen molar-refractivity contribution >= 4 is 27.0 Å². The lowest BCUT2D eigenvalue weighted by Gasteiger charge is -2.05. The van der Waals surface area contributed by atoms with Gasteiger partial charge in [-0.05, 0) is 41.1 Å². The molecule has 0 radical (unpaired) electrons. The van der Waals surface area contributed by atoms with E-state index < -0.39 is 0 Å². The van der Waals surface area contributed by atoms with E-state index in [1.165, 1.54) is 4.57 Å². The molecule has 1 aromatic carbocycles. The number of rotatable bonds is 1. The molecule has 3 rings (SSSR count). The molecule has 0 N–H and O–H groups in total. The minimum atomic E-state index is -0.354. The maximum atomic E-state index is 11.5. The second-order valence-corrected chi connectivity index (χ2v) is 5.22. The predicted molar refractivity (Wildman–Crippen MR) is 76.1 cm³/mol. The van der Waals surface area contributed by atoms with E-state index in [0.29, 0.717) is 5.58 Å². The normalized spacial score (nSPS) is 11.4. The van der Waals surface area contributed by atoms with Crippen LogP contribution in [0.4, 0.5) is 0 Å². The van der Waals surface area contributed by atoms with E-state index in [4.69, 9.17) is 4.42 Å². The van der Waals surface area contributed by atoms with Gasteiger partial charge in [0, 0.05) is 19.7 Å². The average Bonchev–Trinajstić information content (AvgIpc) is 2.78. The van der Waals surface area contributed by atoms with Crippen molar-refractivity contribution in [3.63, 3.8) is 0 Å². The van der Waals surface area contributed by atoms with Crippen LogP contribution in [0, 0.1) is 6.92 Å². The quantitative estimate of drug-likeness (QED) is 0.692. The van der Waals surface area contributed by atoms with Crippen molar-refractivity contribution in [1.82, 2.24) is 14.1 Å². The van der Waals surface area contributed by atoms with Gasteiger partial charge in [-0.2, -0.15) is 0 Å². The highest BCUT2D eigenvalue weighted by Crippen LogP contribution is 2.30. The maximum absolute atomic E-state index is 11.5. The fourth-order valence-corrected chi connectivity index (χ4v) is 2.91. The molecule has 0 bridgehead atoms. The van der Waals surface area contributed by atoms with Gasteiger partial charge >= 0.3 is 5.76 Å². The second-order valence-electron chi connectivity index (χ2n) is 4.47. The first kappa shape index (κ1) is 12.2. The van der Waals surface area contributed by atoms with Crippen LogP contribution in [-0.2, 0) is 14.1 Å². The van der Waals surface area contributed by atoms with Crippen molar-refractivity contribution in [2.75, 3.05) is 0 Å². The lowest BCUT2D eigenvalue weighted by atomic mass is 10.1. The number of halogens is 1. The summed E-state index contributed by atoms with van der Waals surface area (Å²) in [5.74, 6) is 0.565. The molecule has 0 atom stereocenters. The molecule has 0 aliphatic rings. The molecule has 2 aromatic heterocycles. The van der Waals surface area contributed by atoms with Crippen LogP contribution in [0.5, 0.6) is 0 Å². The zero-order valence-electron chi connectivity index (χ0n) is 10.8. The predicted octanol–water partition coefficient (Wildman–Crippen LogP) is 2.60. The van der Waals surface area contributed by atoms with Gasteiger partial charge in [0.15, 0.2) is 5.58 Å². The molecule has 0 saturated heterocycles. The highest BCUT2D eigenvalue weighted by molar-refractivity contribution is 9.10. The Morgan fingerprint density at radius 1 is 1.26 bits per heavy atom. The molecule has 2 heterocycles. The number of oxazole rings is 1. The Morgan fingerprint density at radius 3 is 2.63 bits per heavy atom. The second kappa shape index (κ2) is 4.09. The summed E-state index contributed by atoms with van der Waals surface area (Å²) in [7, 11) is 3.66. The zero-order chi connectivity index (χ0) is 13.7. The van der Waals surface area contributed by atoms with Crippen molar-refractivity contribution in [3.8, 4) is 11.3 Å². The van der Waals surface area contributed by atoms with Crippen LogP contribution in [0.25, 0.3) is 22.4 Å². The van der Waals surface area contributed by atoms with Gasteiger partial charge < -0.3 is 8.98 Å². The third kappa shape index (κ3) is 1.74. The van der Waals surface area contributed by atoms with Crippen molar-refractivity contribution < 1.29 is 4.42 Å². The lowest BCUT2D eigenvalue weighted by molar-refractivity contribution is 0.528. The summed E-state index contributed by atoms with van der Waals surface area (Å²) in [6.45, 7) is 1.94. The van der Waals surface area contributed by atoms with E-state index in [1.807, 2.05) is 30.7 Å². The van der Waals surface area contributed by atoms with Crippen LogP contribution < -0.4 is 5.76 Å². The lowest BCUT2D eigenvalue weighted by Crippen LogP contribution is -2.08. The molecule has 19 heavy (non-hydrogen) atoms. The van der Waals surface area contributed by atoms with Crippen molar-refractivity contribution in [3.05, 3.63) is 39.2 Å². The number of imidazole rings is 1. The Bertz CT molecular complexity index is 842. The van der Waals surface area contributed by atoms with Gasteiger partial charge in [-0.25, -0.2) is 9.78 Å². The molecular formula is C13H12BrN3O2. The first-order chi connectivity index (χ1) is 8.99. The minimum absolute atomic E-state index is 0.354. The number of aryl methyl sites for hydroxylation is 2. The Hall–Kier alpha value is -1.82. The first-order valence-corrected chi connectivity index (χ1v) is 6.57. The Morgan fingerprint density at radius 2 is 2.00 bits per heavy atom. The highest BCUT2D eigenvalue weighted by atomic mass is 79.9. The van der Waals surface area contributed by atoms with E-state index in [-0.39, 0.29) is 5.76 Å². The highest BCUT2D eigenvalue weighted by Gasteiger charge is 2.14. The van der Waals surface area contributed by atoms with Crippen LogP contribution in [0.15, 0.2) is 32.0 Å². The smallest absolute Gasteiger partial charge is 0.408 e. The van der Waals surface area contributed by atoms with Crippen molar-refractivity contribution in [1.29, 1.82) is 0 Å². The molecular weight excluding hydrogens is 310 g/mol. The van der Waals surface area contributed by atoms with Gasteiger partial charge in [-0.1, -0.05) is 0 Å². The maximum Gasteiger partial charge on any atom is 0.419 e. The number of nitrogens with zero attached hydrogens (tertiary/aromatic N) is 3. The topological polar surface area (TPSA) is 53.0 Å². The third-order valence-electron chi connectivity index (χ3n) is 3.34. The third-order valence-corrected chi connectivity index (χ3v) is 3.89. The molecule has 0 aliphatic carbocycles. The van der Waals surface area contributed by atoms with E-state index in [1.54, 1.807) is 13.1 Å². The molecule has 6 heteroatoms. The van der Waals surface area contributed by atoms with E-state index >= 15 is 0 Å². The molecule has 3 aromatic rings. The molecule has 0 saturated carbocycles. The monoisotopic (exact) mass is 321 g/mol. The van der Waals surface area contributed by atoms with Crippen LogP contribution in [0.1, 0.15) is 5.82 Å². The van der Waals surface area contributed by atoms with Gasteiger partial charge in [0.1, 0.15) is 10.4 Å². The van der Waals surface area contributed by atoms with E-state index in [2.05, 4.69) is 20.9 Å². The summed E-state index contributed by atoms with van der Waals surface area (Å²) < 4.78 is 9.42. The summed E-state index contributed by atoms with van der Waals surface area (Å²) in [6, 6.07) is 5.66. The van der Waals surface area contributed by atoms with Gasteiger partial charge in [0.25, 0.3) is 0 Å². The molecule has 0 spiro atoms. The number of hydrogen-bond donors (Lipinski definition) is 0. The largest absolute Gasteiger partial charge is 0.419 e. The molecule has 0 aliphatic heterocycles. The standard InChI is InChI=1S/C13H12BrN3O2/c1-7-15-12(14)11(16(7)2)8-4-5-10-9(6-8)17(3)13(18)19-10/h4-6H,1-3H3. The summed E-state index contributed by atoms with van der Waals surface area (Å²) in [5, 5.41) is 0. The number of hydrogen-bond acceptors (Lipinski definition) is 3. The Balaban J connectivity index is 2.31. The fraction of sp³-hybridized carbons (Fsp3) is 0.231. The number of benzene rings is 1. The van der Waals surface area contributed by atoms with Crippen molar-refractivity contribution in [2.24, 2.45) is 14.1 Å². The number of aromatic nitrogens is 3. The molecule has 98 valence electrons. The minimum Gasteiger partial charge on any atom is -0.408 e. The van der Waals surface area contributed by atoms with Crippen LogP contribution in [0.2, 0.25) is 0 Å². The van der Waals surface area contributed by atoms with Gasteiger partial charge in [-0.3, -0.25) is 4.57 Å². The fourth-order valence-electron chi connectivity index (χ4n) is 2.16. The SMILES string of the molecule is Cc1nc(Br)c(-c2ccc3oc(=O)n(C)c3c2)n1C. The Kier molecular flexibility index (Phi) is 2.63. The van der Waals surface area contributed by atoms with Gasteiger partial charge in [0.2, 0.25) is 0 Å². The van der Waals surface area contributed by atoms with Crippen LogP contribution in [0.3, 0.4) is 0 Å². The molecule has 0 amide bonds. The van der Waals surface area contributed by atoms with E-state index in [0.717, 1.165) is 27.2 Å². The molecule has 5 nitrogen and oxygen atoms in total. The average molecular weight is 322 g/mol. The first-order valence-electron chi connectivity index (χ1n) is 5.78. The summed E-state index contributed by atoms with van der Waals surface area (Å²) >= 11 is 3.47. The van der Waals surface area contributed by atoms with Gasteiger partial charge in [0.05, 0.1) is 11.2 Å². The van der Waals surface area contributed by atoms with Gasteiger partial charge in [-0.15, -0.1) is 0 Å². The number of fused-ring (bicyclic) bond motifs is 1. The zero-order valence-corrected chi connectivity index (χ0v) is 12.4. The summed E-state index contributed by atoms with van der Waals surface area (Å²) in [5.41, 5.74) is 3.33. The summed E-state index contributed by atoms with van der Waals surface area (Å²) in [6.07, 6.45) is 0.